The summed E-state index contributed by atoms with van der Waals surface area (Å²) < 4.78 is 0. The topological polar surface area (TPSA) is 58.6 Å². The number of hydrogen-bond donors (Lipinski definition) is 2. The largest absolute Gasteiger partial charge is 0.507 e. The highest BCUT2D eigenvalue weighted by atomic mass is 32.2. The van der Waals surface area contributed by atoms with E-state index in [0.29, 0.717) is 5.75 Å². The van der Waals surface area contributed by atoms with Crippen molar-refractivity contribution >= 4 is 41.1 Å². The Bertz CT molecular complexity index is 1160. The van der Waals surface area contributed by atoms with Crippen molar-refractivity contribution in [2.75, 3.05) is 17.2 Å². The number of phenols is 1. The average Bonchev–Trinajstić information content (AvgIpc) is 2.76. The van der Waals surface area contributed by atoms with Gasteiger partial charge in [0, 0.05) is 44.3 Å². The maximum atomic E-state index is 11.1. The molecule has 0 radical (unpaired) electrons. The first-order chi connectivity index (χ1) is 16.0. The lowest BCUT2D eigenvalue weighted by Gasteiger charge is -2.27. The van der Waals surface area contributed by atoms with Gasteiger partial charge >= 0.3 is 0 Å². The monoisotopic (exact) mass is 492 g/mol. The number of nitrogen functional groups attached to an aromatic ring is 1. The molecule has 0 aromatic heterocycles. The average molecular weight is 493 g/mol. The molecule has 0 bridgehead atoms. The number of anilines is 1. The third kappa shape index (κ3) is 6.83. The van der Waals surface area contributed by atoms with Crippen LogP contribution in [0, 0.1) is 0 Å². The number of aromatic hydroxyl groups is 1. The molecule has 0 amide bonds. The number of nitrogens with two attached hydrogens (primary N) is 1. The molecule has 3 aromatic rings. The summed E-state index contributed by atoms with van der Waals surface area (Å²) in [5.74, 6) is 2.22. The highest BCUT2D eigenvalue weighted by Crippen LogP contribution is 2.38. The van der Waals surface area contributed by atoms with E-state index in [4.69, 9.17) is 10.7 Å². The summed E-state index contributed by atoms with van der Waals surface area (Å²) in [7, 11) is 0. The molecule has 0 saturated carbocycles. The standard InChI is InChI=1S/C29H36N2OS2/c1-28(2,3)21-17-20(27(32)22(18-21)29(4,5)6)19-31-24-12-8-10-14-26(24)34-16-15-33-25-13-9-7-11-23(25)30/h7-14,17-19,32H,15-16,30H2,1-6H3. The van der Waals surface area contributed by atoms with Gasteiger partial charge in [-0.2, -0.15) is 0 Å². The summed E-state index contributed by atoms with van der Waals surface area (Å²) >= 11 is 3.56. The molecule has 0 aliphatic heterocycles. The second kappa shape index (κ2) is 10.9. The van der Waals surface area contributed by atoms with Crippen LogP contribution in [0.4, 0.5) is 11.4 Å². The SMILES string of the molecule is CC(C)(C)c1cc(C=Nc2ccccc2SCCSc2ccccc2N)c(O)c(C(C)(C)C)c1. The van der Waals surface area contributed by atoms with Crippen molar-refractivity contribution in [2.45, 2.75) is 62.2 Å². The van der Waals surface area contributed by atoms with Crippen molar-refractivity contribution in [2.24, 2.45) is 4.99 Å². The predicted octanol–water partition coefficient (Wildman–Crippen LogP) is 8.20. The molecule has 0 atom stereocenters. The quantitative estimate of drug-likeness (QED) is 0.151. The first-order valence-electron chi connectivity index (χ1n) is 11.6. The van der Waals surface area contributed by atoms with Gasteiger partial charge in [-0.05, 0) is 46.7 Å². The molecular formula is C29H36N2OS2. The van der Waals surface area contributed by atoms with E-state index in [2.05, 4.69) is 65.8 Å². The molecule has 0 heterocycles. The van der Waals surface area contributed by atoms with E-state index in [1.54, 1.807) is 29.7 Å². The predicted molar refractivity (Wildman–Crippen MR) is 152 cm³/mol. The fourth-order valence-electron chi connectivity index (χ4n) is 3.50. The summed E-state index contributed by atoms with van der Waals surface area (Å²) in [6.07, 6.45) is 1.80. The van der Waals surface area contributed by atoms with Crippen LogP contribution in [-0.4, -0.2) is 22.8 Å². The minimum absolute atomic E-state index is 0.0239. The summed E-state index contributed by atoms with van der Waals surface area (Å²) in [5, 5.41) is 11.1. The van der Waals surface area contributed by atoms with Gasteiger partial charge in [0.25, 0.3) is 0 Å². The summed E-state index contributed by atoms with van der Waals surface area (Å²) in [6.45, 7) is 13.0. The molecule has 0 spiro atoms. The highest BCUT2D eigenvalue weighted by Gasteiger charge is 2.24. The maximum Gasteiger partial charge on any atom is 0.128 e. The Morgan fingerprint density at radius 2 is 1.41 bits per heavy atom. The Morgan fingerprint density at radius 1 is 0.824 bits per heavy atom. The van der Waals surface area contributed by atoms with Crippen LogP contribution in [0.1, 0.15) is 58.2 Å². The van der Waals surface area contributed by atoms with Crippen LogP contribution in [0.25, 0.3) is 0 Å². The molecule has 3 rings (SSSR count). The van der Waals surface area contributed by atoms with Crippen molar-refractivity contribution in [3.8, 4) is 5.75 Å². The van der Waals surface area contributed by atoms with Crippen LogP contribution in [0.3, 0.4) is 0 Å². The Kier molecular flexibility index (Phi) is 8.43. The fourth-order valence-corrected chi connectivity index (χ4v) is 5.46. The lowest BCUT2D eigenvalue weighted by Crippen LogP contribution is -2.17. The van der Waals surface area contributed by atoms with Crippen LogP contribution < -0.4 is 5.73 Å². The summed E-state index contributed by atoms with van der Waals surface area (Å²) in [5.41, 5.74) is 10.5. The summed E-state index contributed by atoms with van der Waals surface area (Å²) in [4.78, 5) is 7.05. The van der Waals surface area contributed by atoms with E-state index in [-0.39, 0.29) is 10.8 Å². The van der Waals surface area contributed by atoms with Crippen LogP contribution in [-0.2, 0) is 10.8 Å². The molecule has 180 valence electrons. The number of nitrogens with zero attached hydrogens (tertiary/aromatic N) is 1. The first-order valence-corrected chi connectivity index (χ1v) is 13.5. The molecule has 3 aromatic carbocycles. The van der Waals surface area contributed by atoms with Gasteiger partial charge in [0.05, 0.1) is 5.69 Å². The van der Waals surface area contributed by atoms with Crippen molar-refractivity contribution < 1.29 is 5.11 Å². The van der Waals surface area contributed by atoms with Crippen LogP contribution >= 0.6 is 23.5 Å². The molecule has 0 unspecified atom stereocenters. The Morgan fingerprint density at radius 3 is 2.03 bits per heavy atom. The van der Waals surface area contributed by atoms with E-state index in [9.17, 15) is 5.11 Å². The number of aliphatic imine (C=N–C) groups is 1. The maximum absolute atomic E-state index is 11.1. The molecular weight excluding hydrogens is 456 g/mol. The van der Waals surface area contributed by atoms with Gasteiger partial charge in [-0.3, -0.25) is 4.99 Å². The number of para-hydroxylation sites is 2. The molecule has 0 fully saturated rings. The van der Waals surface area contributed by atoms with E-state index >= 15 is 0 Å². The van der Waals surface area contributed by atoms with Gasteiger partial charge in [-0.25, -0.2) is 0 Å². The number of hydrogen-bond acceptors (Lipinski definition) is 5. The zero-order valence-electron chi connectivity index (χ0n) is 21.1. The minimum Gasteiger partial charge on any atom is -0.507 e. The Hall–Kier alpha value is -2.37. The van der Waals surface area contributed by atoms with Crippen molar-refractivity contribution in [1.29, 1.82) is 0 Å². The highest BCUT2D eigenvalue weighted by molar-refractivity contribution is 8.03. The fraction of sp³-hybridized carbons (Fsp3) is 0.345. The molecule has 0 saturated heterocycles. The second-order valence-electron chi connectivity index (χ2n) is 10.4. The van der Waals surface area contributed by atoms with E-state index in [0.717, 1.165) is 43.8 Å². The molecule has 3 N–H and O–H groups in total. The minimum atomic E-state index is -0.165. The lowest BCUT2D eigenvalue weighted by molar-refractivity contribution is 0.444. The van der Waals surface area contributed by atoms with Gasteiger partial charge in [-0.1, -0.05) is 71.9 Å². The van der Waals surface area contributed by atoms with Gasteiger partial charge in [0.15, 0.2) is 0 Å². The number of benzene rings is 3. The molecule has 34 heavy (non-hydrogen) atoms. The Balaban J connectivity index is 1.80. The normalized spacial score (nSPS) is 12.4. The first kappa shape index (κ1) is 26.2. The zero-order valence-corrected chi connectivity index (χ0v) is 22.7. The van der Waals surface area contributed by atoms with E-state index in [1.807, 2.05) is 36.4 Å². The van der Waals surface area contributed by atoms with Gasteiger partial charge in [-0.15, -0.1) is 23.5 Å². The molecule has 0 aliphatic rings. The third-order valence-electron chi connectivity index (χ3n) is 5.54. The van der Waals surface area contributed by atoms with Crippen LogP contribution in [0.15, 0.2) is 75.4 Å². The van der Waals surface area contributed by atoms with Crippen LogP contribution in [0.5, 0.6) is 5.75 Å². The smallest absolute Gasteiger partial charge is 0.128 e. The molecule has 5 heteroatoms. The lowest BCUT2D eigenvalue weighted by atomic mass is 9.79. The second-order valence-corrected chi connectivity index (χ2v) is 12.7. The summed E-state index contributed by atoms with van der Waals surface area (Å²) in [6, 6.07) is 20.3. The molecule has 0 aliphatic carbocycles. The van der Waals surface area contributed by atoms with E-state index < -0.39 is 0 Å². The van der Waals surface area contributed by atoms with Crippen molar-refractivity contribution in [3.63, 3.8) is 0 Å². The van der Waals surface area contributed by atoms with Crippen molar-refractivity contribution in [1.82, 2.24) is 0 Å². The van der Waals surface area contributed by atoms with Gasteiger partial charge < -0.3 is 10.8 Å². The van der Waals surface area contributed by atoms with E-state index in [1.165, 1.54) is 5.56 Å². The number of thioether (sulfide) groups is 2. The molecule has 3 nitrogen and oxygen atoms in total. The van der Waals surface area contributed by atoms with Crippen LogP contribution in [0.2, 0.25) is 0 Å². The van der Waals surface area contributed by atoms with Gasteiger partial charge in [0.1, 0.15) is 5.75 Å². The zero-order chi connectivity index (χ0) is 24.9. The number of phenolic OH excluding ortho intramolecular Hbond substituents is 1. The van der Waals surface area contributed by atoms with Crippen molar-refractivity contribution in [3.05, 3.63) is 77.4 Å². The number of rotatable bonds is 7. The van der Waals surface area contributed by atoms with Gasteiger partial charge in [0.2, 0.25) is 0 Å². The third-order valence-corrected chi connectivity index (χ3v) is 7.95. The Labute approximate surface area is 213 Å².